The summed E-state index contributed by atoms with van der Waals surface area (Å²) in [5, 5.41) is 3.03. The van der Waals surface area contributed by atoms with Crippen LogP contribution in [0.2, 0.25) is 0 Å². The minimum atomic E-state index is -0.801. The summed E-state index contributed by atoms with van der Waals surface area (Å²) < 4.78 is 5.29. The number of rotatable bonds is 5. The zero-order valence-electron chi connectivity index (χ0n) is 14.4. The van der Waals surface area contributed by atoms with Crippen LogP contribution < -0.4 is 5.32 Å². The van der Waals surface area contributed by atoms with Gasteiger partial charge < -0.3 is 10.1 Å². The molecule has 0 unspecified atom stereocenters. The minimum absolute atomic E-state index is 0.00674. The number of amides is 1. The van der Waals surface area contributed by atoms with Gasteiger partial charge in [-0.1, -0.05) is 54.6 Å². The highest BCUT2D eigenvalue weighted by Gasteiger charge is 2.25. The summed E-state index contributed by atoms with van der Waals surface area (Å²) in [6.07, 6.45) is 2.37. The van der Waals surface area contributed by atoms with Gasteiger partial charge in [0.15, 0.2) is 6.10 Å². The van der Waals surface area contributed by atoms with Crippen molar-refractivity contribution in [1.29, 1.82) is 0 Å². The maximum absolute atomic E-state index is 12.4. The number of aryl methyl sites for hydroxylation is 1. The van der Waals surface area contributed by atoms with Crippen LogP contribution in [0.15, 0.2) is 54.6 Å². The van der Waals surface area contributed by atoms with Crippen molar-refractivity contribution in [3.05, 3.63) is 71.3 Å². The van der Waals surface area contributed by atoms with Crippen LogP contribution in [0.25, 0.3) is 0 Å². The summed E-state index contributed by atoms with van der Waals surface area (Å²) in [7, 11) is 0. The molecule has 0 fully saturated rings. The molecule has 0 aliphatic heterocycles. The van der Waals surface area contributed by atoms with E-state index in [0.29, 0.717) is 0 Å². The Morgan fingerprint density at radius 1 is 1.12 bits per heavy atom. The fourth-order valence-electron chi connectivity index (χ4n) is 3.25. The lowest BCUT2D eigenvalue weighted by Gasteiger charge is -2.27. The molecular formula is C21H23NO3. The number of esters is 1. The van der Waals surface area contributed by atoms with Crippen molar-refractivity contribution in [1.82, 2.24) is 5.32 Å². The van der Waals surface area contributed by atoms with E-state index in [2.05, 4.69) is 17.4 Å². The SMILES string of the molecule is C[C@H](OC(=O)Cc1ccccc1)C(=O)N[C@H]1CCCc2ccccc21. The predicted octanol–water partition coefficient (Wildman–Crippen LogP) is 3.35. The molecule has 2 aromatic carbocycles. The lowest BCUT2D eigenvalue weighted by Crippen LogP contribution is -2.39. The van der Waals surface area contributed by atoms with Crippen molar-refractivity contribution in [2.24, 2.45) is 0 Å². The first-order valence-electron chi connectivity index (χ1n) is 8.75. The summed E-state index contributed by atoms with van der Waals surface area (Å²) in [6, 6.07) is 17.6. The van der Waals surface area contributed by atoms with Gasteiger partial charge in [-0.05, 0) is 42.9 Å². The van der Waals surface area contributed by atoms with Crippen LogP contribution >= 0.6 is 0 Å². The average molecular weight is 337 g/mol. The van der Waals surface area contributed by atoms with Crippen LogP contribution in [0.1, 0.15) is 42.5 Å². The van der Waals surface area contributed by atoms with Crippen molar-refractivity contribution in [3.63, 3.8) is 0 Å². The molecule has 0 heterocycles. The number of nitrogens with one attached hydrogen (secondary N) is 1. The van der Waals surface area contributed by atoms with Gasteiger partial charge in [0.1, 0.15) is 0 Å². The summed E-state index contributed by atoms with van der Waals surface area (Å²) in [5.74, 6) is -0.638. The Morgan fingerprint density at radius 2 is 1.84 bits per heavy atom. The molecule has 4 heteroatoms. The molecule has 1 aliphatic rings. The Hall–Kier alpha value is -2.62. The lowest BCUT2D eigenvalue weighted by atomic mass is 9.87. The Morgan fingerprint density at radius 3 is 2.64 bits per heavy atom. The third kappa shape index (κ3) is 4.47. The van der Waals surface area contributed by atoms with Gasteiger partial charge in [0.25, 0.3) is 5.91 Å². The highest BCUT2D eigenvalue weighted by molar-refractivity contribution is 5.84. The fraction of sp³-hybridized carbons (Fsp3) is 0.333. The summed E-state index contributed by atoms with van der Waals surface area (Å²) >= 11 is 0. The molecule has 1 N–H and O–H groups in total. The number of benzene rings is 2. The molecule has 0 bridgehead atoms. The maximum Gasteiger partial charge on any atom is 0.311 e. The molecule has 25 heavy (non-hydrogen) atoms. The van der Waals surface area contributed by atoms with E-state index in [1.165, 1.54) is 11.1 Å². The van der Waals surface area contributed by atoms with Crippen molar-refractivity contribution in [2.75, 3.05) is 0 Å². The molecule has 0 radical (unpaired) electrons. The molecule has 2 atom stereocenters. The molecule has 1 amide bonds. The number of hydrogen-bond donors (Lipinski definition) is 1. The Bertz CT molecular complexity index is 742. The quantitative estimate of drug-likeness (QED) is 0.851. The van der Waals surface area contributed by atoms with Crippen molar-refractivity contribution in [3.8, 4) is 0 Å². The predicted molar refractivity (Wildman–Crippen MR) is 96.0 cm³/mol. The number of hydrogen-bond acceptors (Lipinski definition) is 3. The molecule has 0 spiro atoms. The summed E-state index contributed by atoms with van der Waals surface area (Å²) in [6.45, 7) is 1.62. The first-order chi connectivity index (χ1) is 12.1. The van der Waals surface area contributed by atoms with Gasteiger partial charge in [0, 0.05) is 0 Å². The van der Waals surface area contributed by atoms with Gasteiger partial charge in [0.05, 0.1) is 12.5 Å². The van der Waals surface area contributed by atoms with E-state index >= 15 is 0 Å². The van der Waals surface area contributed by atoms with Gasteiger partial charge in [-0.15, -0.1) is 0 Å². The number of carbonyl (C=O) groups is 2. The monoisotopic (exact) mass is 337 g/mol. The third-order valence-corrected chi connectivity index (χ3v) is 4.55. The van der Waals surface area contributed by atoms with E-state index in [4.69, 9.17) is 4.74 Å². The zero-order valence-corrected chi connectivity index (χ0v) is 14.4. The van der Waals surface area contributed by atoms with Gasteiger partial charge in [-0.25, -0.2) is 0 Å². The lowest BCUT2D eigenvalue weighted by molar-refractivity contribution is -0.154. The van der Waals surface area contributed by atoms with E-state index in [-0.39, 0.29) is 18.4 Å². The Balaban J connectivity index is 1.55. The number of ether oxygens (including phenoxy) is 1. The fourth-order valence-corrected chi connectivity index (χ4v) is 3.25. The Labute approximate surface area is 148 Å². The molecule has 0 saturated heterocycles. The highest BCUT2D eigenvalue weighted by Crippen LogP contribution is 2.29. The van der Waals surface area contributed by atoms with Crippen LogP contribution in [0.4, 0.5) is 0 Å². The topological polar surface area (TPSA) is 55.4 Å². The van der Waals surface area contributed by atoms with E-state index < -0.39 is 12.1 Å². The second-order valence-corrected chi connectivity index (χ2v) is 6.45. The van der Waals surface area contributed by atoms with Crippen LogP contribution in [0, 0.1) is 0 Å². The average Bonchev–Trinajstić information content (AvgIpc) is 2.62. The molecule has 0 aromatic heterocycles. The van der Waals surface area contributed by atoms with E-state index in [9.17, 15) is 9.59 Å². The van der Waals surface area contributed by atoms with Gasteiger partial charge in [0.2, 0.25) is 0 Å². The smallest absolute Gasteiger partial charge is 0.311 e. The largest absolute Gasteiger partial charge is 0.452 e. The van der Waals surface area contributed by atoms with Crippen LogP contribution in [0.5, 0.6) is 0 Å². The van der Waals surface area contributed by atoms with Gasteiger partial charge in [-0.3, -0.25) is 9.59 Å². The highest BCUT2D eigenvalue weighted by atomic mass is 16.5. The standard InChI is InChI=1S/C21H23NO3/c1-15(25-20(23)14-16-8-3-2-4-9-16)21(24)22-19-13-7-11-17-10-5-6-12-18(17)19/h2-6,8-10,12,15,19H,7,11,13-14H2,1H3,(H,22,24)/t15-,19-/m0/s1. The summed E-state index contributed by atoms with van der Waals surface area (Å²) in [5.41, 5.74) is 3.33. The molecule has 3 rings (SSSR count). The second kappa shape index (κ2) is 7.97. The normalized spacial score (nSPS) is 17.2. The second-order valence-electron chi connectivity index (χ2n) is 6.45. The van der Waals surface area contributed by atoms with E-state index in [1.807, 2.05) is 42.5 Å². The van der Waals surface area contributed by atoms with Crippen LogP contribution in [0.3, 0.4) is 0 Å². The molecular weight excluding hydrogens is 314 g/mol. The first-order valence-corrected chi connectivity index (χ1v) is 8.75. The molecule has 0 saturated carbocycles. The molecule has 4 nitrogen and oxygen atoms in total. The van der Waals surface area contributed by atoms with Crippen LogP contribution in [-0.2, 0) is 27.2 Å². The zero-order chi connectivity index (χ0) is 17.6. The van der Waals surface area contributed by atoms with Crippen molar-refractivity contribution in [2.45, 2.75) is 44.8 Å². The number of fused-ring (bicyclic) bond motifs is 1. The molecule has 130 valence electrons. The Kier molecular flexibility index (Phi) is 5.49. The van der Waals surface area contributed by atoms with Gasteiger partial charge in [-0.2, -0.15) is 0 Å². The third-order valence-electron chi connectivity index (χ3n) is 4.55. The maximum atomic E-state index is 12.4. The molecule has 1 aliphatic carbocycles. The van der Waals surface area contributed by atoms with E-state index in [1.54, 1.807) is 6.92 Å². The van der Waals surface area contributed by atoms with Crippen LogP contribution in [-0.4, -0.2) is 18.0 Å². The van der Waals surface area contributed by atoms with E-state index in [0.717, 1.165) is 24.8 Å². The van der Waals surface area contributed by atoms with Crippen molar-refractivity contribution >= 4 is 11.9 Å². The van der Waals surface area contributed by atoms with Crippen molar-refractivity contribution < 1.29 is 14.3 Å². The first kappa shape index (κ1) is 17.2. The van der Waals surface area contributed by atoms with Gasteiger partial charge >= 0.3 is 5.97 Å². The molecule has 2 aromatic rings. The summed E-state index contributed by atoms with van der Waals surface area (Å²) in [4.78, 5) is 24.4. The minimum Gasteiger partial charge on any atom is -0.452 e. The number of carbonyl (C=O) groups excluding carboxylic acids is 2.